The molecule has 0 bridgehead atoms. The van der Waals surface area contributed by atoms with E-state index in [1.807, 2.05) is 0 Å². The first-order valence-corrected chi connectivity index (χ1v) is 7.93. The Morgan fingerprint density at radius 2 is 1.90 bits per heavy atom. The Morgan fingerprint density at radius 3 is 2.52 bits per heavy atom. The molecule has 0 unspecified atom stereocenters. The molecule has 2 rings (SSSR count). The molecule has 0 aromatic heterocycles. The summed E-state index contributed by atoms with van der Waals surface area (Å²) in [6.07, 6.45) is 1.86. The van der Waals surface area contributed by atoms with Gasteiger partial charge in [0, 0.05) is 16.2 Å². The number of ether oxygens (including phenoxy) is 1. The number of halogens is 3. The molecule has 6 heteroatoms. The van der Waals surface area contributed by atoms with E-state index >= 15 is 0 Å². The van der Waals surface area contributed by atoms with E-state index in [2.05, 4.69) is 4.74 Å². The Hall–Kier alpha value is -1.17. The maximum atomic E-state index is 12.3. The fraction of sp³-hybridized carbons (Fsp3) is 0.533. The van der Waals surface area contributed by atoms with Gasteiger partial charge in [-0.2, -0.15) is 0 Å². The van der Waals surface area contributed by atoms with Crippen molar-refractivity contribution in [2.24, 2.45) is 5.92 Å². The van der Waals surface area contributed by atoms with Crippen molar-refractivity contribution in [1.29, 1.82) is 0 Å². The SMILES string of the molecule is O=Cc1cc(OC(F)(F)F)cc(SCC2CCCCC2)c1. The normalized spacial score (nSPS) is 16.7. The molecule has 1 saturated carbocycles. The Balaban J connectivity index is 2.03. The van der Waals surface area contributed by atoms with Crippen molar-refractivity contribution in [1.82, 2.24) is 0 Å². The zero-order valence-corrected chi connectivity index (χ0v) is 12.3. The minimum Gasteiger partial charge on any atom is -0.406 e. The van der Waals surface area contributed by atoms with E-state index in [-0.39, 0.29) is 11.3 Å². The van der Waals surface area contributed by atoms with Crippen LogP contribution in [0.15, 0.2) is 23.1 Å². The Kier molecular flexibility index (Phi) is 5.56. The smallest absolute Gasteiger partial charge is 0.406 e. The predicted octanol–water partition coefficient (Wildman–Crippen LogP) is 5.07. The number of alkyl halides is 3. The fourth-order valence-corrected chi connectivity index (χ4v) is 3.69. The summed E-state index contributed by atoms with van der Waals surface area (Å²) in [5.74, 6) is 1.14. The zero-order chi connectivity index (χ0) is 15.3. The van der Waals surface area contributed by atoms with Crippen molar-refractivity contribution in [2.75, 3.05) is 5.75 Å². The lowest BCUT2D eigenvalue weighted by Crippen LogP contribution is -2.17. The average molecular weight is 318 g/mol. The van der Waals surface area contributed by atoms with Gasteiger partial charge in [0.1, 0.15) is 12.0 Å². The van der Waals surface area contributed by atoms with E-state index in [0.29, 0.717) is 17.1 Å². The summed E-state index contributed by atoms with van der Waals surface area (Å²) in [7, 11) is 0. The molecule has 1 aliphatic carbocycles. The van der Waals surface area contributed by atoms with Crippen LogP contribution in [0, 0.1) is 5.92 Å². The van der Waals surface area contributed by atoms with Gasteiger partial charge in [-0.3, -0.25) is 4.79 Å². The van der Waals surface area contributed by atoms with Crippen LogP contribution in [0.5, 0.6) is 5.75 Å². The summed E-state index contributed by atoms with van der Waals surface area (Å²) in [4.78, 5) is 11.5. The van der Waals surface area contributed by atoms with Gasteiger partial charge in [0.05, 0.1) is 0 Å². The van der Waals surface area contributed by atoms with Crippen LogP contribution in [-0.4, -0.2) is 18.4 Å². The van der Waals surface area contributed by atoms with Crippen molar-refractivity contribution >= 4 is 18.0 Å². The lowest BCUT2D eigenvalue weighted by molar-refractivity contribution is -0.274. The number of carbonyl (C=O) groups excluding carboxylic acids is 1. The molecule has 0 heterocycles. The number of thioether (sulfide) groups is 1. The monoisotopic (exact) mass is 318 g/mol. The van der Waals surface area contributed by atoms with Crippen LogP contribution in [0.4, 0.5) is 13.2 Å². The van der Waals surface area contributed by atoms with Crippen LogP contribution < -0.4 is 4.74 Å². The second-order valence-corrected chi connectivity index (χ2v) is 6.31. The van der Waals surface area contributed by atoms with Gasteiger partial charge in [0.15, 0.2) is 0 Å². The summed E-state index contributed by atoms with van der Waals surface area (Å²) >= 11 is 1.49. The molecule has 0 radical (unpaired) electrons. The number of carbonyl (C=O) groups is 1. The van der Waals surface area contributed by atoms with Crippen LogP contribution in [0.3, 0.4) is 0 Å². The van der Waals surface area contributed by atoms with Gasteiger partial charge < -0.3 is 4.74 Å². The molecule has 1 aliphatic rings. The van der Waals surface area contributed by atoms with Crippen molar-refractivity contribution in [2.45, 2.75) is 43.4 Å². The van der Waals surface area contributed by atoms with Gasteiger partial charge in [-0.25, -0.2) is 0 Å². The molecule has 2 nitrogen and oxygen atoms in total. The van der Waals surface area contributed by atoms with Crippen molar-refractivity contribution in [3.63, 3.8) is 0 Å². The van der Waals surface area contributed by atoms with E-state index < -0.39 is 6.36 Å². The number of hydrogen-bond acceptors (Lipinski definition) is 3. The molecule has 0 N–H and O–H groups in total. The Bertz CT molecular complexity index is 482. The number of benzene rings is 1. The zero-order valence-electron chi connectivity index (χ0n) is 11.5. The topological polar surface area (TPSA) is 26.3 Å². The van der Waals surface area contributed by atoms with Crippen molar-refractivity contribution in [3.8, 4) is 5.75 Å². The number of hydrogen-bond donors (Lipinski definition) is 0. The van der Waals surface area contributed by atoms with Gasteiger partial charge in [0.25, 0.3) is 0 Å². The molecule has 116 valence electrons. The first-order valence-electron chi connectivity index (χ1n) is 6.95. The van der Waals surface area contributed by atoms with E-state index in [9.17, 15) is 18.0 Å². The molecule has 0 spiro atoms. The minimum absolute atomic E-state index is 0.197. The molecule has 0 aliphatic heterocycles. The molecule has 1 aromatic rings. The minimum atomic E-state index is -4.74. The highest BCUT2D eigenvalue weighted by molar-refractivity contribution is 7.99. The average Bonchev–Trinajstić information content (AvgIpc) is 2.44. The first-order chi connectivity index (χ1) is 9.96. The lowest BCUT2D eigenvalue weighted by atomic mass is 9.91. The van der Waals surface area contributed by atoms with Gasteiger partial charge >= 0.3 is 6.36 Å². The van der Waals surface area contributed by atoms with Crippen LogP contribution in [0.1, 0.15) is 42.5 Å². The maximum Gasteiger partial charge on any atom is 0.573 e. The summed E-state index contributed by atoms with van der Waals surface area (Å²) in [5, 5.41) is 0. The van der Waals surface area contributed by atoms with Crippen LogP contribution >= 0.6 is 11.8 Å². The number of aldehydes is 1. The van der Waals surface area contributed by atoms with E-state index in [0.717, 1.165) is 11.8 Å². The van der Waals surface area contributed by atoms with Gasteiger partial charge in [-0.15, -0.1) is 24.9 Å². The summed E-state index contributed by atoms with van der Waals surface area (Å²) in [6.45, 7) is 0. The highest BCUT2D eigenvalue weighted by atomic mass is 32.2. The van der Waals surface area contributed by atoms with Crippen LogP contribution in [0.2, 0.25) is 0 Å². The molecule has 0 saturated heterocycles. The highest BCUT2D eigenvalue weighted by Crippen LogP contribution is 2.33. The Morgan fingerprint density at radius 1 is 1.19 bits per heavy atom. The molecule has 1 fully saturated rings. The second kappa shape index (κ2) is 7.20. The van der Waals surface area contributed by atoms with Gasteiger partial charge in [-0.05, 0) is 37.0 Å². The molecule has 21 heavy (non-hydrogen) atoms. The summed E-state index contributed by atoms with van der Waals surface area (Å²) < 4.78 is 40.7. The summed E-state index contributed by atoms with van der Waals surface area (Å²) in [5.41, 5.74) is 0.197. The third-order valence-corrected chi connectivity index (χ3v) is 4.69. The standard InChI is InChI=1S/C15H17F3O2S/c16-15(17,18)20-13-6-12(9-19)7-14(8-13)21-10-11-4-2-1-3-5-11/h6-9,11H,1-5,10H2. The third kappa shape index (κ3) is 5.61. The maximum absolute atomic E-state index is 12.3. The van der Waals surface area contributed by atoms with Gasteiger partial charge in [-0.1, -0.05) is 19.3 Å². The van der Waals surface area contributed by atoms with E-state index in [4.69, 9.17) is 0 Å². The lowest BCUT2D eigenvalue weighted by Gasteiger charge is -2.21. The third-order valence-electron chi connectivity index (χ3n) is 3.48. The highest BCUT2D eigenvalue weighted by Gasteiger charge is 2.31. The van der Waals surface area contributed by atoms with Crippen LogP contribution in [-0.2, 0) is 0 Å². The molecule has 1 aromatic carbocycles. The second-order valence-electron chi connectivity index (χ2n) is 5.22. The Labute approximate surface area is 126 Å². The van der Waals surface area contributed by atoms with E-state index in [1.54, 1.807) is 6.07 Å². The molecule has 0 amide bonds. The molecule has 0 atom stereocenters. The fourth-order valence-electron chi connectivity index (χ4n) is 2.51. The van der Waals surface area contributed by atoms with Crippen molar-refractivity contribution in [3.05, 3.63) is 23.8 Å². The molecular weight excluding hydrogens is 301 g/mol. The molecular formula is C15H17F3O2S. The quantitative estimate of drug-likeness (QED) is 0.560. The first kappa shape index (κ1) is 16.2. The van der Waals surface area contributed by atoms with E-state index in [1.165, 1.54) is 49.9 Å². The van der Waals surface area contributed by atoms with Crippen LogP contribution in [0.25, 0.3) is 0 Å². The van der Waals surface area contributed by atoms with Gasteiger partial charge in [0.2, 0.25) is 0 Å². The summed E-state index contributed by atoms with van der Waals surface area (Å²) in [6, 6.07) is 4.04. The van der Waals surface area contributed by atoms with Crippen molar-refractivity contribution < 1.29 is 22.7 Å². The predicted molar refractivity (Wildman–Crippen MR) is 75.8 cm³/mol. The largest absolute Gasteiger partial charge is 0.573 e. The number of rotatable bonds is 5.